The van der Waals surface area contributed by atoms with E-state index in [2.05, 4.69) is 51.0 Å². The molecular weight excluding hydrogens is 330 g/mol. The number of carbonyl (C=O) groups is 1. The Morgan fingerprint density at radius 2 is 2.19 bits per heavy atom. The zero-order chi connectivity index (χ0) is 18.1. The zero-order valence-corrected chi connectivity index (χ0v) is 15.1. The van der Waals surface area contributed by atoms with E-state index in [-0.39, 0.29) is 12.0 Å². The molecule has 0 aliphatic carbocycles. The lowest BCUT2D eigenvalue weighted by molar-refractivity contribution is 0.0853. The lowest BCUT2D eigenvalue weighted by Gasteiger charge is -2.09. The molecule has 1 aliphatic heterocycles. The van der Waals surface area contributed by atoms with Crippen LogP contribution in [0.4, 0.5) is 0 Å². The van der Waals surface area contributed by atoms with Gasteiger partial charge >= 0.3 is 0 Å². The number of rotatable bonds is 5. The van der Waals surface area contributed by atoms with Gasteiger partial charge in [0.05, 0.1) is 35.7 Å². The average molecular weight is 353 g/mol. The highest BCUT2D eigenvalue weighted by atomic mass is 16.5. The van der Waals surface area contributed by atoms with Gasteiger partial charge in [-0.1, -0.05) is 0 Å². The largest absolute Gasteiger partial charge is 0.376 e. The SMILES string of the molecule is Cc1cc2ncn(Cc3cc(C(=O)NC[C@H]4CCCO4)n[nH]3)c2cc1C. The molecule has 0 spiro atoms. The highest BCUT2D eigenvalue weighted by molar-refractivity contribution is 5.92. The van der Waals surface area contributed by atoms with Gasteiger partial charge in [-0.25, -0.2) is 4.98 Å². The van der Waals surface area contributed by atoms with Gasteiger partial charge in [0.25, 0.3) is 5.91 Å². The van der Waals surface area contributed by atoms with Crippen LogP contribution in [0.15, 0.2) is 24.5 Å². The summed E-state index contributed by atoms with van der Waals surface area (Å²) in [7, 11) is 0. The van der Waals surface area contributed by atoms with Crippen LogP contribution in [-0.4, -0.2) is 44.9 Å². The van der Waals surface area contributed by atoms with Crippen LogP contribution >= 0.6 is 0 Å². The normalized spacial score (nSPS) is 17.1. The molecular formula is C19H23N5O2. The zero-order valence-electron chi connectivity index (χ0n) is 15.1. The first-order valence-electron chi connectivity index (χ1n) is 8.96. The van der Waals surface area contributed by atoms with Gasteiger partial charge < -0.3 is 14.6 Å². The van der Waals surface area contributed by atoms with E-state index < -0.39 is 0 Å². The lowest BCUT2D eigenvalue weighted by atomic mass is 10.1. The number of hydrogen-bond acceptors (Lipinski definition) is 4. The first-order chi connectivity index (χ1) is 12.6. The van der Waals surface area contributed by atoms with E-state index in [9.17, 15) is 4.79 Å². The molecule has 3 heterocycles. The number of nitrogens with one attached hydrogen (secondary N) is 2. The number of hydrogen-bond donors (Lipinski definition) is 2. The van der Waals surface area contributed by atoms with Gasteiger partial charge in [-0.2, -0.15) is 5.10 Å². The van der Waals surface area contributed by atoms with Gasteiger partial charge in [-0.05, 0) is 56.0 Å². The van der Waals surface area contributed by atoms with Gasteiger partial charge in [0.15, 0.2) is 0 Å². The second-order valence-corrected chi connectivity index (χ2v) is 6.92. The molecule has 0 radical (unpaired) electrons. The van der Waals surface area contributed by atoms with Crippen LogP contribution < -0.4 is 5.32 Å². The van der Waals surface area contributed by atoms with Crippen LogP contribution in [-0.2, 0) is 11.3 Å². The van der Waals surface area contributed by atoms with Crippen molar-refractivity contribution < 1.29 is 9.53 Å². The third kappa shape index (κ3) is 3.35. The van der Waals surface area contributed by atoms with Crippen LogP contribution in [0.3, 0.4) is 0 Å². The molecule has 1 aliphatic rings. The molecule has 0 unspecified atom stereocenters. The summed E-state index contributed by atoms with van der Waals surface area (Å²) in [5.74, 6) is -0.176. The van der Waals surface area contributed by atoms with Gasteiger partial charge in [0.1, 0.15) is 5.69 Å². The van der Waals surface area contributed by atoms with Crippen LogP contribution in [0.25, 0.3) is 11.0 Å². The maximum atomic E-state index is 12.2. The van der Waals surface area contributed by atoms with Crippen LogP contribution in [0, 0.1) is 13.8 Å². The summed E-state index contributed by atoms with van der Waals surface area (Å²) >= 11 is 0. The Morgan fingerprint density at radius 3 is 3.00 bits per heavy atom. The number of H-pyrrole nitrogens is 1. The molecule has 1 aromatic carbocycles. The molecule has 0 saturated carbocycles. The lowest BCUT2D eigenvalue weighted by Crippen LogP contribution is -2.31. The maximum absolute atomic E-state index is 12.2. The van der Waals surface area contributed by atoms with Crippen molar-refractivity contribution in [1.29, 1.82) is 0 Å². The molecule has 1 saturated heterocycles. The van der Waals surface area contributed by atoms with Gasteiger partial charge in [-0.15, -0.1) is 0 Å². The van der Waals surface area contributed by atoms with Crippen molar-refractivity contribution in [2.45, 2.75) is 39.3 Å². The Kier molecular flexibility index (Phi) is 4.46. The maximum Gasteiger partial charge on any atom is 0.271 e. The Bertz CT molecular complexity index is 937. The third-order valence-corrected chi connectivity index (χ3v) is 4.96. The molecule has 3 aromatic rings. The van der Waals surface area contributed by atoms with Gasteiger partial charge in [0, 0.05) is 13.2 Å². The molecule has 1 atom stereocenters. The molecule has 7 nitrogen and oxygen atoms in total. The quantitative estimate of drug-likeness (QED) is 0.737. The number of ether oxygens (including phenoxy) is 1. The van der Waals surface area contributed by atoms with Crippen molar-refractivity contribution in [3.8, 4) is 0 Å². The predicted octanol–water partition coefficient (Wildman–Crippen LogP) is 2.33. The molecule has 136 valence electrons. The molecule has 0 bridgehead atoms. The van der Waals surface area contributed by atoms with Crippen LogP contribution in [0.5, 0.6) is 0 Å². The highest BCUT2D eigenvalue weighted by Crippen LogP contribution is 2.19. The van der Waals surface area contributed by atoms with Crippen molar-refractivity contribution in [3.05, 3.63) is 47.0 Å². The van der Waals surface area contributed by atoms with Crippen molar-refractivity contribution >= 4 is 16.9 Å². The van der Waals surface area contributed by atoms with E-state index in [0.717, 1.165) is 36.2 Å². The molecule has 2 aromatic heterocycles. The number of amides is 1. The fourth-order valence-electron chi connectivity index (χ4n) is 3.28. The Labute approximate surface area is 151 Å². The van der Waals surface area contributed by atoms with Crippen molar-refractivity contribution in [2.24, 2.45) is 0 Å². The number of aryl methyl sites for hydroxylation is 2. The van der Waals surface area contributed by atoms with E-state index in [1.54, 1.807) is 6.07 Å². The number of aromatic nitrogens is 4. The minimum Gasteiger partial charge on any atom is -0.376 e. The first kappa shape index (κ1) is 16.8. The number of carbonyl (C=O) groups excluding carboxylic acids is 1. The van der Waals surface area contributed by atoms with Crippen molar-refractivity contribution in [3.63, 3.8) is 0 Å². The standard InChI is InChI=1S/C19H23N5O2/c1-12-6-16-18(7-13(12)2)24(11-21-16)10-14-8-17(23-22-14)19(25)20-9-15-4-3-5-26-15/h6-8,11,15H,3-5,9-10H2,1-2H3,(H,20,25)(H,22,23)/t15-/m1/s1. The summed E-state index contributed by atoms with van der Waals surface area (Å²) in [4.78, 5) is 16.7. The van der Waals surface area contributed by atoms with E-state index >= 15 is 0 Å². The fraction of sp³-hybridized carbons (Fsp3) is 0.421. The van der Waals surface area contributed by atoms with Crippen LogP contribution in [0.1, 0.15) is 40.2 Å². The number of fused-ring (bicyclic) bond motifs is 1. The Morgan fingerprint density at radius 1 is 1.35 bits per heavy atom. The smallest absolute Gasteiger partial charge is 0.271 e. The van der Waals surface area contributed by atoms with E-state index in [1.807, 2.05) is 6.33 Å². The predicted molar refractivity (Wildman–Crippen MR) is 98.2 cm³/mol. The molecule has 26 heavy (non-hydrogen) atoms. The minimum atomic E-state index is -0.176. The topological polar surface area (TPSA) is 84.8 Å². The number of imidazole rings is 1. The van der Waals surface area contributed by atoms with Crippen molar-refractivity contribution in [2.75, 3.05) is 13.2 Å². The monoisotopic (exact) mass is 353 g/mol. The minimum absolute atomic E-state index is 0.126. The second-order valence-electron chi connectivity index (χ2n) is 6.92. The number of aromatic amines is 1. The summed E-state index contributed by atoms with van der Waals surface area (Å²) in [5, 5.41) is 9.99. The summed E-state index contributed by atoms with van der Waals surface area (Å²) in [5.41, 5.74) is 5.78. The summed E-state index contributed by atoms with van der Waals surface area (Å²) in [6.45, 7) is 6.09. The van der Waals surface area contributed by atoms with Gasteiger partial charge in [0.2, 0.25) is 0 Å². The summed E-state index contributed by atoms with van der Waals surface area (Å²) in [6, 6.07) is 6.03. The third-order valence-electron chi connectivity index (χ3n) is 4.96. The van der Waals surface area contributed by atoms with E-state index in [4.69, 9.17) is 4.74 Å². The highest BCUT2D eigenvalue weighted by Gasteiger charge is 2.18. The molecule has 7 heteroatoms. The van der Waals surface area contributed by atoms with Gasteiger partial charge in [-0.3, -0.25) is 9.89 Å². The van der Waals surface area contributed by atoms with E-state index in [0.29, 0.717) is 18.8 Å². The Hall–Kier alpha value is -2.67. The fourth-order valence-corrected chi connectivity index (χ4v) is 3.28. The second kappa shape index (κ2) is 6.92. The van der Waals surface area contributed by atoms with E-state index in [1.165, 1.54) is 11.1 Å². The number of benzene rings is 1. The average Bonchev–Trinajstić information content (AvgIpc) is 3.36. The number of nitrogens with zero attached hydrogens (tertiary/aromatic N) is 3. The summed E-state index contributed by atoms with van der Waals surface area (Å²) < 4.78 is 7.58. The van der Waals surface area contributed by atoms with Crippen molar-refractivity contribution in [1.82, 2.24) is 25.1 Å². The molecule has 1 fully saturated rings. The molecule has 2 N–H and O–H groups in total. The summed E-state index contributed by atoms with van der Waals surface area (Å²) in [6.07, 6.45) is 4.01. The molecule has 4 rings (SSSR count). The van der Waals surface area contributed by atoms with Crippen LogP contribution in [0.2, 0.25) is 0 Å². The Balaban J connectivity index is 1.45. The molecule has 1 amide bonds. The first-order valence-corrected chi connectivity index (χ1v) is 8.96.